The summed E-state index contributed by atoms with van der Waals surface area (Å²) in [6.07, 6.45) is 1.76. The molecular formula is C16H17FO3. The Morgan fingerprint density at radius 1 is 1.30 bits per heavy atom. The Balaban J connectivity index is 2.53. The summed E-state index contributed by atoms with van der Waals surface area (Å²) in [7, 11) is 1.33. The van der Waals surface area contributed by atoms with E-state index in [1.165, 1.54) is 25.3 Å². The lowest BCUT2D eigenvalue weighted by Crippen LogP contribution is -2.37. The fourth-order valence-corrected chi connectivity index (χ4v) is 2.74. The van der Waals surface area contributed by atoms with Gasteiger partial charge in [-0.05, 0) is 34.8 Å². The first-order valence-corrected chi connectivity index (χ1v) is 6.43. The normalized spacial score (nSPS) is 21.3. The quantitative estimate of drug-likeness (QED) is 0.780. The third kappa shape index (κ3) is 2.64. The second-order valence-electron chi connectivity index (χ2n) is 5.69. The third-order valence-electron chi connectivity index (χ3n) is 3.65. The van der Waals surface area contributed by atoms with Crippen molar-refractivity contribution in [1.82, 2.24) is 0 Å². The third-order valence-corrected chi connectivity index (χ3v) is 3.65. The van der Waals surface area contributed by atoms with Gasteiger partial charge in [0, 0.05) is 6.42 Å². The number of methoxy groups -OCH3 is 1. The molecule has 0 aliphatic heterocycles. The molecule has 4 heteroatoms. The van der Waals surface area contributed by atoms with E-state index in [1.54, 1.807) is 12.1 Å². The van der Waals surface area contributed by atoms with E-state index in [4.69, 9.17) is 4.74 Å². The molecular weight excluding hydrogens is 259 g/mol. The van der Waals surface area contributed by atoms with Crippen molar-refractivity contribution < 1.29 is 18.7 Å². The number of hydrogen-bond acceptors (Lipinski definition) is 3. The van der Waals surface area contributed by atoms with Crippen LogP contribution in [0.3, 0.4) is 0 Å². The van der Waals surface area contributed by atoms with Crippen LogP contribution in [0.15, 0.2) is 30.3 Å². The first-order valence-electron chi connectivity index (χ1n) is 6.43. The minimum Gasteiger partial charge on any atom is -0.469 e. The highest BCUT2D eigenvalue weighted by Gasteiger charge is 2.43. The summed E-state index contributed by atoms with van der Waals surface area (Å²) in [4.78, 5) is 24.0. The molecule has 1 aliphatic rings. The first kappa shape index (κ1) is 14.4. The van der Waals surface area contributed by atoms with Crippen molar-refractivity contribution in [3.05, 3.63) is 41.7 Å². The Morgan fingerprint density at radius 3 is 2.45 bits per heavy atom. The SMILES string of the molecule is COC(=O)C1C(c2ccc(F)cc2)=CC(=O)CC1(C)C. The predicted octanol–water partition coefficient (Wildman–Crippen LogP) is 3.00. The van der Waals surface area contributed by atoms with Gasteiger partial charge in [-0.15, -0.1) is 0 Å². The van der Waals surface area contributed by atoms with Crippen LogP contribution in [-0.4, -0.2) is 18.9 Å². The number of esters is 1. The number of benzene rings is 1. The lowest BCUT2D eigenvalue weighted by atomic mass is 9.66. The van der Waals surface area contributed by atoms with Crippen LogP contribution in [-0.2, 0) is 14.3 Å². The number of carbonyl (C=O) groups is 2. The van der Waals surface area contributed by atoms with Crippen LogP contribution < -0.4 is 0 Å². The van der Waals surface area contributed by atoms with E-state index in [1.807, 2.05) is 13.8 Å². The van der Waals surface area contributed by atoms with Gasteiger partial charge in [-0.25, -0.2) is 4.39 Å². The number of hydrogen-bond donors (Lipinski definition) is 0. The number of carbonyl (C=O) groups excluding carboxylic acids is 2. The molecule has 20 heavy (non-hydrogen) atoms. The zero-order valence-electron chi connectivity index (χ0n) is 11.8. The van der Waals surface area contributed by atoms with Crippen molar-refractivity contribution in [3.63, 3.8) is 0 Å². The van der Waals surface area contributed by atoms with Gasteiger partial charge < -0.3 is 4.74 Å². The van der Waals surface area contributed by atoms with E-state index in [0.717, 1.165) is 0 Å². The molecule has 3 nitrogen and oxygen atoms in total. The average Bonchev–Trinajstić information content (AvgIpc) is 2.36. The fraction of sp³-hybridized carbons (Fsp3) is 0.375. The minimum absolute atomic E-state index is 0.0329. The first-order chi connectivity index (χ1) is 9.35. The number of halogens is 1. The van der Waals surface area contributed by atoms with Crippen LogP contribution in [0, 0.1) is 17.2 Å². The lowest BCUT2D eigenvalue weighted by Gasteiger charge is -2.36. The van der Waals surface area contributed by atoms with Gasteiger partial charge in [-0.1, -0.05) is 26.0 Å². The van der Waals surface area contributed by atoms with E-state index < -0.39 is 11.3 Å². The lowest BCUT2D eigenvalue weighted by molar-refractivity contribution is -0.147. The molecule has 0 saturated carbocycles. The molecule has 0 fully saturated rings. The van der Waals surface area contributed by atoms with Crippen molar-refractivity contribution in [3.8, 4) is 0 Å². The molecule has 0 N–H and O–H groups in total. The summed E-state index contributed by atoms with van der Waals surface area (Å²) < 4.78 is 17.9. The molecule has 1 aromatic rings. The topological polar surface area (TPSA) is 43.4 Å². The summed E-state index contributed by atoms with van der Waals surface area (Å²) in [6, 6.07) is 5.78. The standard InChI is InChI=1S/C16H17FO3/c1-16(2)9-12(18)8-13(14(16)15(19)20-3)10-4-6-11(17)7-5-10/h4-8,14H,9H2,1-3H3. The zero-order chi connectivity index (χ0) is 14.9. The van der Waals surface area contributed by atoms with E-state index in [2.05, 4.69) is 0 Å². The van der Waals surface area contributed by atoms with Crippen LogP contribution in [0.25, 0.3) is 5.57 Å². The monoisotopic (exact) mass is 276 g/mol. The fourth-order valence-electron chi connectivity index (χ4n) is 2.74. The molecule has 2 rings (SSSR count). The smallest absolute Gasteiger partial charge is 0.313 e. The Hall–Kier alpha value is -1.97. The summed E-state index contributed by atoms with van der Waals surface area (Å²) in [5.74, 6) is -1.30. The molecule has 0 saturated heterocycles. The van der Waals surface area contributed by atoms with Crippen molar-refractivity contribution in [1.29, 1.82) is 0 Å². The highest BCUT2D eigenvalue weighted by Crippen LogP contribution is 2.44. The highest BCUT2D eigenvalue weighted by molar-refractivity contribution is 6.04. The van der Waals surface area contributed by atoms with Crippen molar-refractivity contribution in [2.75, 3.05) is 7.11 Å². The van der Waals surface area contributed by atoms with Crippen LogP contribution in [0.4, 0.5) is 4.39 Å². The Kier molecular flexibility index (Phi) is 3.75. The van der Waals surface area contributed by atoms with Gasteiger partial charge in [0.1, 0.15) is 5.82 Å². The minimum atomic E-state index is -0.532. The number of allylic oxidation sites excluding steroid dienone is 1. The Bertz CT molecular complexity index is 570. The van der Waals surface area contributed by atoms with Crippen molar-refractivity contribution >= 4 is 17.3 Å². The maximum absolute atomic E-state index is 13.0. The molecule has 0 amide bonds. The Labute approximate surface area is 117 Å². The summed E-state index contributed by atoms with van der Waals surface area (Å²) >= 11 is 0. The summed E-state index contributed by atoms with van der Waals surface area (Å²) in [6.45, 7) is 3.73. The molecule has 0 heterocycles. The molecule has 0 aromatic heterocycles. The molecule has 1 atom stereocenters. The summed E-state index contributed by atoms with van der Waals surface area (Å²) in [5, 5.41) is 0. The van der Waals surface area contributed by atoms with E-state index in [0.29, 0.717) is 11.1 Å². The molecule has 0 radical (unpaired) electrons. The van der Waals surface area contributed by atoms with Crippen LogP contribution in [0.2, 0.25) is 0 Å². The van der Waals surface area contributed by atoms with Crippen LogP contribution in [0.1, 0.15) is 25.8 Å². The zero-order valence-corrected chi connectivity index (χ0v) is 11.8. The molecule has 1 aliphatic carbocycles. The van der Waals surface area contributed by atoms with E-state index >= 15 is 0 Å². The van der Waals surface area contributed by atoms with Crippen molar-refractivity contribution in [2.24, 2.45) is 11.3 Å². The maximum atomic E-state index is 13.0. The maximum Gasteiger partial charge on any atom is 0.313 e. The van der Waals surface area contributed by atoms with Crippen molar-refractivity contribution in [2.45, 2.75) is 20.3 Å². The Morgan fingerprint density at radius 2 is 1.90 bits per heavy atom. The molecule has 0 bridgehead atoms. The van der Waals surface area contributed by atoms with Gasteiger partial charge in [-0.2, -0.15) is 0 Å². The number of ether oxygens (including phenoxy) is 1. The second kappa shape index (κ2) is 5.19. The molecule has 0 spiro atoms. The summed E-state index contributed by atoms with van der Waals surface area (Å²) in [5.41, 5.74) is 0.740. The van der Waals surface area contributed by atoms with Gasteiger partial charge in [0.2, 0.25) is 0 Å². The van der Waals surface area contributed by atoms with E-state index in [9.17, 15) is 14.0 Å². The predicted molar refractivity (Wildman–Crippen MR) is 73.3 cm³/mol. The van der Waals surface area contributed by atoms with Crippen LogP contribution >= 0.6 is 0 Å². The van der Waals surface area contributed by atoms with E-state index in [-0.39, 0.29) is 24.0 Å². The highest BCUT2D eigenvalue weighted by atomic mass is 19.1. The number of rotatable bonds is 2. The second-order valence-corrected chi connectivity index (χ2v) is 5.69. The molecule has 1 unspecified atom stereocenters. The molecule has 106 valence electrons. The largest absolute Gasteiger partial charge is 0.469 e. The van der Waals surface area contributed by atoms with Gasteiger partial charge in [0.15, 0.2) is 5.78 Å². The average molecular weight is 276 g/mol. The number of ketones is 1. The van der Waals surface area contributed by atoms with Gasteiger partial charge in [0.05, 0.1) is 13.0 Å². The van der Waals surface area contributed by atoms with Gasteiger partial charge in [-0.3, -0.25) is 9.59 Å². The van der Waals surface area contributed by atoms with Crippen LogP contribution in [0.5, 0.6) is 0 Å². The molecule has 1 aromatic carbocycles. The van der Waals surface area contributed by atoms with Gasteiger partial charge >= 0.3 is 5.97 Å². The van der Waals surface area contributed by atoms with Gasteiger partial charge in [0.25, 0.3) is 0 Å².